The Labute approximate surface area is 332 Å². The lowest BCUT2D eigenvalue weighted by molar-refractivity contribution is 0.620. The fourth-order valence-electron chi connectivity index (χ4n) is 8.94. The Morgan fingerprint density at radius 3 is 1.74 bits per heavy atom. The van der Waals surface area contributed by atoms with Crippen LogP contribution in [0.4, 0.5) is 17.1 Å². The first kappa shape index (κ1) is 33.1. The quantitative estimate of drug-likeness (QED) is 0.160. The molecule has 0 radical (unpaired) electrons. The summed E-state index contributed by atoms with van der Waals surface area (Å²) in [4.78, 5) is 7.39. The molecule has 0 amide bonds. The molecule has 0 N–H and O–H groups in total. The third-order valence-corrected chi connectivity index (χ3v) is 11.9. The van der Waals surface area contributed by atoms with Gasteiger partial charge in [0.1, 0.15) is 5.52 Å². The van der Waals surface area contributed by atoms with E-state index in [4.69, 9.17) is 9.40 Å². The van der Waals surface area contributed by atoms with Crippen molar-refractivity contribution in [3.05, 3.63) is 205 Å². The van der Waals surface area contributed by atoms with E-state index in [9.17, 15) is 0 Å². The minimum atomic E-state index is -0.0975. The molecule has 3 heteroatoms. The van der Waals surface area contributed by atoms with Gasteiger partial charge >= 0.3 is 0 Å². The van der Waals surface area contributed by atoms with E-state index in [2.05, 4.69) is 176 Å². The summed E-state index contributed by atoms with van der Waals surface area (Å²) in [5, 5.41) is 4.60. The number of nitrogens with zero attached hydrogens (tertiary/aromatic N) is 2. The molecule has 1 aliphatic rings. The van der Waals surface area contributed by atoms with Gasteiger partial charge < -0.3 is 9.32 Å². The number of benzene rings is 9. The molecule has 0 unspecified atom stereocenters. The summed E-state index contributed by atoms with van der Waals surface area (Å²) in [5.74, 6) is 0.640. The molecule has 3 nitrogen and oxygen atoms in total. The Balaban J connectivity index is 0.984. The van der Waals surface area contributed by atoms with Gasteiger partial charge in [-0.15, -0.1) is 0 Å². The number of aromatic nitrogens is 1. The molecule has 0 spiro atoms. The second kappa shape index (κ2) is 12.9. The molecule has 1 aliphatic carbocycles. The average molecular weight is 731 g/mol. The number of hydrogen-bond acceptors (Lipinski definition) is 3. The van der Waals surface area contributed by atoms with Crippen LogP contribution in [0, 0.1) is 0 Å². The lowest BCUT2D eigenvalue weighted by Gasteiger charge is -2.28. The van der Waals surface area contributed by atoms with Crippen LogP contribution in [0.2, 0.25) is 0 Å². The van der Waals surface area contributed by atoms with E-state index >= 15 is 0 Å². The van der Waals surface area contributed by atoms with E-state index < -0.39 is 0 Å². The van der Waals surface area contributed by atoms with Crippen molar-refractivity contribution >= 4 is 49.7 Å². The van der Waals surface area contributed by atoms with Crippen LogP contribution in [0.1, 0.15) is 25.0 Å². The monoisotopic (exact) mass is 730 g/mol. The van der Waals surface area contributed by atoms with Gasteiger partial charge in [-0.1, -0.05) is 147 Å². The SMILES string of the molecule is CC1(C)c2ccccc2-c2ccc(N(c3ccc(-c4ccccc4)cc3)c3ccc(-c4ccc5c(ccc6ccc7oc(-c8ccccc8)nc7c65)c4)cc3)cc21. The zero-order chi connectivity index (χ0) is 38.1. The van der Waals surface area contributed by atoms with E-state index in [-0.39, 0.29) is 5.41 Å². The molecule has 1 heterocycles. The molecule has 0 fully saturated rings. The Bertz CT molecular complexity index is 3120. The molecule has 270 valence electrons. The molecule has 10 aromatic rings. The first-order valence-corrected chi connectivity index (χ1v) is 19.6. The first-order valence-electron chi connectivity index (χ1n) is 19.6. The minimum absolute atomic E-state index is 0.0975. The average Bonchev–Trinajstić information content (AvgIpc) is 3.81. The zero-order valence-corrected chi connectivity index (χ0v) is 31.8. The van der Waals surface area contributed by atoms with E-state index in [1.165, 1.54) is 44.3 Å². The summed E-state index contributed by atoms with van der Waals surface area (Å²) in [6.45, 7) is 4.69. The predicted molar refractivity (Wildman–Crippen MR) is 238 cm³/mol. The van der Waals surface area contributed by atoms with Gasteiger partial charge in [-0.2, -0.15) is 0 Å². The van der Waals surface area contributed by atoms with Crippen LogP contribution in [-0.4, -0.2) is 4.98 Å². The van der Waals surface area contributed by atoms with Gasteiger partial charge in [-0.25, -0.2) is 4.98 Å². The van der Waals surface area contributed by atoms with Crippen molar-refractivity contribution in [1.29, 1.82) is 0 Å². The van der Waals surface area contributed by atoms with Crippen LogP contribution < -0.4 is 4.90 Å². The van der Waals surface area contributed by atoms with Gasteiger partial charge in [0, 0.05) is 33.4 Å². The van der Waals surface area contributed by atoms with Crippen molar-refractivity contribution in [2.24, 2.45) is 0 Å². The van der Waals surface area contributed by atoms with Crippen molar-refractivity contribution in [2.45, 2.75) is 19.3 Å². The molecule has 0 bridgehead atoms. The highest BCUT2D eigenvalue weighted by molar-refractivity contribution is 6.18. The van der Waals surface area contributed by atoms with Crippen molar-refractivity contribution < 1.29 is 4.42 Å². The van der Waals surface area contributed by atoms with Crippen LogP contribution in [0.25, 0.3) is 77.5 Å². The molecule has 57 heavy (non-hydrogen) atoms. The molecule has 0 atom stereocenters. The topological polar surface area (TPSA) is 29.3 Å². The Kier molecular flexibility index (Phi) is 7.52. The highest BCUT2D eigenvalue weighted by Gasteiger charge is 2.35. The Morgan fingerprint density at radius 2 is 1.00 bits per heavy atom. The van der Waals surface area contributed by atoms with E-state index in [1.54, 1.807) is 0 Å². The van der Waals surface area contributed by atoms with Gasteiger partial charge in [-0.05, 0) is 121 Å². The van der Waals surface area contributed by atoms with Crippen LogP contribution in [0.15, 0.2) is 199 Å². The summed E-state index contributed by atoms with van der Waals surface area (Å²) >= 11 is 0. The largest absolute Gasteiger partial charge is 0.436 e. The van der Waals surface area contributed by atoms with Crippen LogP contribution in [0.5, 0.6) is 0 Å². The van der Waals surface area contributed by atoms with E-state index in [0.717, 1.165) is 55.4 Å². The summed E-state index contributed by atoms with van der Waals surface area (Å²) < 4.78 is 6.26. The third kappa shape index (κ3) is 5.46. The highest BCUT2D eigenvalue weighted by Crippen LogP contribution is 2.50. The van der Waals surface area contributed by atoms with Crippen LogP contribution in [0.3, 0.4) is 0 Å². The van der Waals surface area contributed by atoms with Gasteiger partial charge in [0.2, 0.25) is 5.89 Å². The van der Waals surface area contributed by atoms with Crippen LogP contribution in [-0.2, 0) is 5.41 Å². The van der Waals surface area contributed by atoms with Crippen molar-refractivity contribution in [3.63, 3.8) is 0 Å². The van der Waals surface area contributed by atoms with Gasteiger partial charge in [0.05, 0.1) is 0 Å². The summed E-state index contributed by atoms with van der Waals surface area (Å²) in [6, 6.07) is 69.8. The molecular weight excluding hydrogens is 693 g/mol. The van der Waals surface area contributed by atoms with E-state index in [0.29, 0.717) is 5.89 Å². The molecule has 0 saturated carbocycles. The number of anilines is 3. The molecule has 11 rings (SSSR count). The van der Waals surface area contributed by atoms with Crippen molar-refractivity contribution in [3.8, 4) is 44.8 Å². The Morgan fingerprint density at radius 1 is 0.439 bits per heavy atom. The maximum atomic E-state index is 6.26. The van der Waals surface area contributed by atoms with Gasteiger partial charge in [0.15, 0.2) is 5.58 Å². The zero-order valence-electron chi connectivity index (χ0n) is 31.8. The standard InChI is InChI=1S/C54H38N2O/c1-54(2)48-16-10-9-15-46(48)47-31-29-44(34-49(47)54)56(42-25-19-36(20-26-42)35-11-5-3-6-12-35)43-27-21-37(22-28-43)40-23-30-45-41(33-40)18-17-38-24-32-50-52(51(38)45)55-53(57-50)39-13-7-4-8-14-39/h3-34H,1-2H3. The molecule has 9 aromatic carbocycles. The highest BCUT2D eigenvalue weighted by atomic mass is 16.3. The number of rotatable bonds is 6. The smallest absolute Gasteiger partial charge is 0.227 e. The van der Waals surface area contributed by atoms with Gasteiger partial charge in [0.25, 0.3) is 0 Å². The van der Waals surface area contributed by atoms with Crippen molar-refractivity contribution in [2.75, 3.05) is 4.90 Å². The second-order valence-corrected chi connectivity index (χ2v) is 15.6. The number of fused-ring (bicyclic) bond motifs is 8. The minimum Gasteiger partial charge on any atom is -0.436 e. The number of hydrogen-bond donors (Lipinski definition) is 0. The Hall–Kier alpha value is -7.23. The summed E-state index contributed by atoms with van der Waals surface area (Å²) in [5.41, 5.74) is 16.1. The molecule has 1 aromatic heterocycles. The maximum Gasteiger partial charge on any atom is 0.227 e. The summed E-state index contributed by atoms with van der Waals surface area (Å²) in [7, 11) is 0. The van der Waals surface area contributed by atoms with Crippen molar-refractivity contribution in [1.82, 2.24) is 4.98 Å². The lowest BCUT2D eigenvalue weighted by Crippen LogP contribution is -2.16. The normalized spacial score (nSPS) is 12.9. The molecule has 0 aliphatic heterocycles. The first-order chi connectivity index (χ1) is 28.0. The van der Waals surface area contributed by atoms with Gasteiger partial charge in [-0.3, -0.25) is 0 Å². The summed E-state index contributed by atoms with van der Waals surface area (Å²) in [6.07, 6.45) is 0. The maximum absolute atomic E-state index is 6.26. The van der Waals surface area contributed by atoms with Crippen LogP contribution >= 0.6 is 0 Å². The molecular formula is C54H38N2O. The molecule has 0 saturated heterocycles. The number of oxazole rings is 1. The third-order valence-electron chi connectivity index (χ3n) is 11.9. The fraction of sp³-hybridized carbons (Fsp3) is 0.0556. The second-order valence-electron chi connectivity index (χ2n) is 15.6. The fourth-order valence-corrected chi connectivity index (χ4v) is 8.94. The lowest BCUT2D eigenvalue weighted by atomic mass is 9.82. The predicted octanol–water partition coefficient (Wildman–Crippen LogP) is 14.9. The van der Waals surface area contributed by atoms with E-state index in [1.807, 2.05) is 36.4 Å².